The highest BCUT2D eigenvalue weighted by atomic mass is 16.5. The summed E-state index contributed by atoms with van der Waals surface area (Å²) >= 11 is 0. The Bertz CT molecular complexity index is 703. The molecule has 5 heteroatoms. The molecule has 3 aliphatic rings. The lowest BCUT2D eigenvalue weighted by atomic mass is 9.56. The SMILES string of the molecule is COc1ccc2c(c1)[C@]1(CCNC(=O)CN)CCN(CC3CC3)[C@H](C2)[C@@H]1C. The molecule has 2 fully saturated rings. The molecule has 3 atom stereocenters. The summed E-state index contributed by atoms with van der Waals surface area (Å²) in [6, 6.07) is 7.22. The summed E-state index contributed by atoms with van der Waals surface area (Å²) in [5, 5.41) is 3.00. The minimum atomic E-state index is -0.0663. The summed E-state index contributed by atoms with van der Waals surface area (Å²) in [5.74, 6) is 2.36. The number of carbonyl (C=O) groups is 1. The highest BCUT2D eigenvalue weighted by Gasteiger charge is 2.51. The van der Waals surface area contributed by atoms with Crippen LogP contribution in [0.1, 0.15) is 43.7 Å². The summed E-state index contributed by atoms with van der Waals surface area (Å²) in [4.78, 5) is 14.4. The number of benzene rings is 1. The van der Waals surface area contributed by atoms with Crippen LogP contribution in [-0.2, 0) is 16.6 Å². The predicted molar refractivity (Wildman–Crippen MR) is 107 cm³/mol. The zero-order valence-electron chi connectivity index (χ0n) is 16.7. The molecule has 1 saturated carbocycles. The fourth-order valence-corrected chi connectivity index (χ4v) is 5.50. The first-order valence-corrected chi connectivity index (χ1v) is 10.5. The second kappa shape index (κ2) is 7.44. The number of rotatable bonds is 7. The number of piperidine rings is 1. The molecule has 1 amide bonds. The van der Waals surface area contributed by atoms with Crippen molar-refractivity contribution in [1.82, 2.24) is 10.2 Å². The Morgan fingerprint density at radius 2 is 2.22 bits per heavy atom. The monoisotopic (exact) mass is 371 g/mol. The van der Waals surface area contributed by atoms with E-state index >= 15 is 0 Å². The normalized spacial score (nSPS) is 29.9. The molecule has 1 aromatic rings. The van der Waals surface area contributed by atoms with Crippen molar-refractivity contribution >= 4 is 5.91 Å². The van der Waals surface area contributed by atoms with Gasteiger partial charge in [-0.05, 0) is 73.7 Å². The smallest absolute Gasteiger partial charge is 0.233 e. The summed E-state index contributed by atoms with van der Waals surface area (Å²) in [6.07, 6.45) is 6.05. The zero-order valence-corrected chi connectivity index (χ0v) is 16.7. The Balaban J connectivity index is 1.64. The van der Waals surface area contributed by atoms with Crippen LogP contribution in [0.25, 0.3) is 0 Å². The number of hydrogen-bond acceptors (Lipinski definition) is 4. The largest absolute Gasteiger partial charge is 0.497 e. The van der Waals surface area contributed by atoms with Gasteiger partial charge >= 0.3 is 0 Å². The molecule has 1 aliphatic heterocycles. The van der Waals surface area contributed by atoms with E-state index in [1.165, 1.54) is 30.5 Å². The van der Waals surface area contributed by atoms with Crippen LogP contribution in [0.3, 0.4) is 0 Å². The molecule has 2 bridgehead atoms. The maximum absolute atomic E-state index is 11.7. The Kier molecular flexibility index (Phi) is 5.17. The van der Waals surface area contributed by atoms with E-state index in [-0.39, 0.29) is 17.9 Å². The van der Waals surface area contributed by atoms with Crippen LogP contribution in [0, 0.1) is 11.8 Å². The summed E-state index contributed by atoms with van der Waals surface area (Å²) in [6.45, 7) is 5.60. The van der Waals surface area contributed by atoms with Gasteiger partial charge in [0.1, 0.15) is 5.75 Å². The molecule has 148 valence electrons. The van der Waals surface area contributed by atoms with E-state index < -0.39 is 0 Å². The van der Waals surface area contributed by atoms with E-state index in [1.54, 1.807) is 7.11 Å². The molecule has 27 heavy (non-hydrogen) atoms. The quantitative estimate of drug-likeness (QED) is 0.770. The van der Waals surface area contributed by atoms with Crippen molar-refractivity contribution in [3.63, 3.8) is 0 Å². The number of methoxy groups -OCH3 is 1. The first-order valence-electron chi connectivity index (χ1n) is 10.5. The molecule has 1 aromatic carbocycles. The second-order valence-electron chi connectivity index (χ2n) is 8.73. The third-order valence-electron chi connectivity index (χ3n) is 7.31. The molecule has 0 unspecified atom stereocenters. The van der Waals surface area contributed by atoms with Crippen molar-refractivity contribution in [3.8, 4) is 5.75 Å². The first kappa shape index (κ1) is 18.8. The minimum Gasteiger partial charge on any atom is -0.497 e. The minimum absolute atomic E-state index is 0.0603. The Morgan fingerprint density at radius 1 is 1.41 bits per heavy atom. The van der Waals surface area contributed by atoms with Crippen molar-refractivity contribution in [1.29, 1.82) is 0 Å². The molecule has 2 aliphatic carbocycles. The molecule has 1 saturated heterocycles. The lowest BCUT2D eigenvalue weighted by molar-refractivity contribution is -0.119. The lowest BCUT2D eigenvalue weighted by Crippen LogP contribution is -2.60. The van der Waals surface area contributed by atoms with Crippen LogP contribution in [0.15, 0.2) is 18.2 Å². The Morgan fingerprint density at radius 3 is 2.93 bits per heavy atom. The van der Waals surface area contributed by atoms with Gasteiger partial charge < -0.3 is 15.8 Å². The molecule has 3 N–H and O–H groups in total. The van der Waals surface area contributed by atoms with E-state index in [0.717, 1.165) is 37.5 Å². The van der Waals surface area contributed by atoms with Crippen LogP contribution in [0.2, 0.25) is 0 Å². The summed E-state index contributed by atoms with van der Waals surface area (Å²) in [5.41, 5.74) is 8.48. The molecule has 4 rings (SSSR count). The van der Waals surface area contributed by atoms with Crippen molar-refractivity contribution in [2.24, 2.45) is 17.6 Å². The van der Waals surface area contributed by atoms with Gasteiger partial charge in [-0.3, -0.25) is 9.69 Å². The van der Waals surface area contributed by atoms with Gasteiger partial charge in [0.25, 0.3) is 0 Å². The molecule has 0 radical (unpaired) electrons. The first-order chi connectivity index (χ1) is 13.1. The molecular weight excluding hydrogens is 338 g/mol. The molecular formula is C22H33N3O2. The number of hydrogen-bond donors (Lipinski definition) is 2. The molecule has 0 aromatic heterocycles. The van der Waals surface area contributed by atoms with Crippen molar-refractivity contribution in [2.75, 3.05) is 33.3 Å². The number of nitrogens with two attached hydrogens (primary N) is 1. The number of nitrogens with zero attached hydrogens (tertiary/aromatic N) is 1. The van der Waals surface area contributed by atoms with Gasteiger partial charge in [-0.1, -0.05) is 13.0 Å². The molecule has 0 spiro atoms. The fourth-order valence-electron chi connectivity index (χ4n) is 5.50. The van der Waals surface area contributed by atoms with E-state index in [0.29, 0.717) is 18.5 Å². The van der Waals surface area contributed by atoms with Crippen LogP contribution in [0.4, 0.5) is 0 Å². The van der Waals surface area contributed by atoms with E-state index in [2.05, 4.69) is 35.3 Å². The zero-order chi connectivity index (χ0) is 19.0. The second-order valence-corrected chi connectivity index (χ2v) is 8.73. The highest BCUT2D eigenvalue weighted by molar-refractivity contribution is 5.77. The average Bonchev–Trinajstić information content (AvgIpc) is 3.49. The van der Waals surface area contributed by atoms with Crippen LogP contribution >= 0.6 is 0 Å². The van der Waals surface area contributed by atoms with Gasteiger partial charge in [0.05, 0.1) is 13.7 Å². The van der Waals surface area contributed by atoms with Gasteiger partial charge in [-0.2, -0.15) is 0 Å². The van der Waals surface area contributed by atoms with Gasteiger partial charge in [0.15, 0.2) is 0 Å². The maximum atomic E-state index is 11.7. The lowest BCUT2D eigenvalue weighted by Gasteiger charge is -2.56. The summed E-state index contributed by atoms with van der Waals surface area (Å²) < 4.78 is 5.54. The van der Waals surface area contributed by atoms with Crippen LogP contribution in [-0.4, -0.2) is 50.1 Å². The number of amides is 1. The number of fused-ring (bicyclic) bond motifs is 4. The van der Waals surface area contributed by atoms with Crippen molar-refractivity contribution in [2.45, 2.75) is 50.5 Å². The highest BCUT2D eigenvalue weighted by Crippen LogP contribution is 2.52. The molecule has 5 nitrogen and oxygen atoms in total. The third-order valence-corrected chi connectivity index (χ3v) is 7.31. The van der Waals surface area contributed by atoms with E-state index in [4.69, 9.17) is 10.5 Å². The molecule has 1 heterocycles. The van der Waals surface area contributed by atoms with Crippen LogP contribution in [0.5, 0.6) is 5.75 Å². The Hall–Kier alpha value is -1.59. The van der Waals surface area contributed by atoms with Crippen LogP contribution < -0.4 is 15.8 Å². The van der Waals surface area contributed by atoms with Crippen molar-refractivity contribution in [3.05, 3.63) is 29.3 Å². The van der Waals surface area contributed by atoms with Gasteiger partial charge in [0.2, 0.25) is 5.91 Å². The van der Waals surface area contributed by atoms with Gasteiger partial charge in [0, 0.05) is 24.5 Å². The number of ether oxygens (including phenoxy) is 1. The van der Waals surface area contributed by atoms with Gasteiger partial charge in [-0.15, -0.1) is 0 Å². The number of likely N-dealkylation sites (tertiary alicyclic amines) is 1. The number of nitrogens with one attached hydrogen (secondary N) is 1. The van der Waals surface area contributed by atoms with Gasteiger partial charge in [-0.25, -0.2) is 0 Å². The third kappa shape index (κ3) is 3.47. The van der Waals surface area contributed by atoms with Crippen molar-refractivity contribution < 1.29 is 9.53 Å². The number of carbonyl (C=O) groups excluding carboxylic acids is 1. The topological polar surface area (TPSA) is 67.6 Å². The maximum Gasteiger partial charge on any atom is 0.233 e. The average molecular weight is 372 g/mol. The summed E-state index contributed by atoms with van der Waals surface area (Å²) in [7, 11) is 1.74. The van der Waals surface area contributed by atoms with E-state index in [9.17, 15) is 4.79 Å². The standard InChI is InChI=1S/C22H33N3O2/c1-15-20-11-17-5-6-18(27-2)12-19(17)22(15,7-9-24-21(26)13-23)8-10-25(20)14-16-3-4-16/h5-6,12,15-16,20H,3-4,7-11,13-14,23H2,1-2H3,(H,24,26)/t15-,20+,22+/m0/s1. The fraction of sp³-hybridized carbons (Fsp3) is 0.682. The van der Waals surface area contributed by atoms with E-state index in [1.807, 2.05) is 0 Å². The Labute approximate surface area is 162 Å². The predicted octanol–water partition coefficient (Wildman–Crippen LogP) is 2.07.